The van der Waals surface area contributed by atoms with Gasteiger partial charge in [-0.05, 0) is 36.4 Å². The fraction of sp³-hybridized carbons (Fsp3) is 0.100. The maximum atomic E-state index is 13.1. The molecule has 7 heteroatoms. The summed E-state index contributed by atoms with van der Waals surface area (Å²) in [6.45, 7) is 0. The van der Waals surface area contributed by atoms with E-state index in [4.69, 9.17) is 9.47 Å². The van der Waals surface area contributed by atoms with E-state index in [2.05, 4.69) is 16.4 Å². The van der Waals surface area contributed by atoms with Gasteiger partial charge in [0.05, 0.1) is 19.9 Å². The zero-order valence-electron chi connectivity index (χ0n) is 14.7. The maximum Gasteiger partial charge on any atom is 0.162 e. The van der Waals surface area contributed by atoms with Crippen molar-refractivity contribution in [2.24, 2.45) is 0 Å². The van der Waals surface area contributed by atoms with E-state index in [1.54, 1.807) is 44.7 Å². The molecule has 0 aliphatic rings. The minimum atomic E-state index is -0.300. The highest BCUT2D eigenvalue weighted by Crippen LogP contribution is 2.30. The molecule has 0 saturated heterocycles. The molecule has 0 saturated carbocycles. The first kappa shape index (κ1) is 18.4. The van der Waals surface area contributed by atoms with Gasteiger partial charge in [0.25, 0.3) is 0 Å². The van der Waals surface area contributed by atoms with Crippen LogP contribution in [-0.2, 0) is 0 Å². The zero-order chi connectivity index (χ0) is 19.2. The summed E-state index contributed by atoms with van der Waals surface area (Å²) in [7, 11) is 3.13. The molecule has 0 bridgehead atoms. The van der Waals surface area contributed by atoms with Crippen LogP contribution in [0.4, 0.5) is 10.1 Å². The molecule has 1 aromatic heterocycles. The second kappa shape index (κ2) is 8.34. The SMILES string of the molecule is COc1ccc(N/C=C(\C#N)c2nc(-c3ccc(F)cc3)cs2)cc1OC. The van der Waals surface area contributed by atoms with Crippen LogP contribution in [-0.4, -0.2) is 19.2 Å². The standard InChI is InChI=1S/C20H16FN3O2S/c1-25-18-8-7-16(9-19(18)26-2)23-11-14(10-22)20-24-17(12-27-20)13-3-5-15(21)6-4-13/h3-9,11-12,23H,1-2H3/b14-11+. The van der Waals surface area contributed by atoms with Crippen LogP contribution in [0.25, 0.3) is 16.8 Å². The minimum absolute atomic E-state index is 0.300. The highest BCUT2D eigenvalue weighted by atomic mass is 32.1. The van der Waals surface area contributed by atoms with E-state index in [9.17, 15) is 9.65 Å². The Balaban J connectivity index is 1.81. The number of benzene rings is 2. The maximum absolute atomic E-state index is 13.1. The second-order valence-electron chi connectivity index (χ2n) is 5.43. The predicted molar refractivity (Wildman–Crippen MR) is 104 cm³/mol. The van der Waals surface area contributed by atoms with Crippen molar-refractivity contribution in [1.29, 1.82) is 5.26 Å². The van der Waals surface area contributed by atoms with Crippen molar-refractivity contribution in [2.75, 3.05) is 19.5 Å². The highest BCUT2D eigenvalue weighted by Gasteiger charge is 2.10. The van der Waals surface area contributed by atoms with Crippen LogP contribution in [0.1, 0.15) is 5.01 Å². The van der Waals surface area contributed by atoms with Crippen LogP contribution in [0.2, 0.25) is 0 Å². The minimum Gasteiger partial charge on any atom is -0.493 e. The Morgan fingerprint density at radius 1 is 1.15 bits per heavy atom. The van der Waals surface area contributed by atoms with Gasteiger partial charge in [-0.1, -0.05) is 0 Å². The summed E-state index contributed by atoms with van der Waals surface area (Å²) in [6, 6.07) is 13.6. The molecule has 1 N–H and O–H groups in total. The molecular weight excluding hydrogens is 365 g/mol. The molecule has 136 valence electrons. The summed E-state index contributed by atoms with van der Waals surface area (Å²) in [5.74, 6) is 0.907. The third-order valence-corrected chi connectivity index (χ3v) is 4.64. The van der Waals surface area contributed by atoms with Gasteiger partial charge < -0.3 is 14.8 Å². The van der Waals surface area contributed by atoms with Crippen molar-refractivity contribution >= 4 is 22.6 Å². The van der Waals surface area contributed by atoms with Gasteiger partial charge in [0, 0.05) is 28.9 Å². The Bertz CT molecular complexity index is 1010. The number of nitriles is 1. The Morgan fingerprint density at radius 3 is 2.56 bits per heavy atom. The Hall–Kier alpha value is -3.37. The Kier molecular flexibility index (Phi) is 5.69. The molecule has 27 heavy (non-hydrogen) atoms. The van der Waals surface area contributed by atoms with E-state index in [1.807, 2.05) is 11.4 Å². The van der Waals surface area contributed by atoms with Crippen molar-refractivity contribution in [1.82, 2.24) is 4.98 Å². The van der Waals surface area contributed by atoms with Crippen LogP contribution in [0.15, 0.2) is 54.0 Å². The first-order valence-corrected chi connectivity index (χ1v) is 8.83. The number of allylic oxidation sites excluding steroid dienone is 1. The van der Waals surface area contributed by atoms with Gasteiger partial charge in [-0.15, -0.1) is 11.3 Å². The number of hydrogen-bond acceptors (Lipinski definition) is 6. The molecule has 5 nitrogen and oxygen atoms in total. The lowest BCUT2D eigenvalue weighted by atomic mass is 10.2. The molecule has 3 aromatic rings. The summed E-state index contributed by atoms with van der Waals surface area (Å²) >= 11 is 1.35. The molecule has 1 heterocycles. The zero-order valence-corrected chi connectivity index (χ0v) is 15.5. The fourth-order valence-corrected chi connectivity index (χ4v) is 3.17. The van der Waals surface area contributed by atoms with Crippen LogP contribution in [0, 0.1) is 17.1 Å². The van der Waals surface area contributed by atoms with E-state index >= 15 is 0 Å². The van der Waals surface area contributed by atoms with Crippen molar-refractivity contribution in [3.05, 3.63) is 64.9 Å². The van der Waals surface area contributed by atoms with Crippen LogP contribution in [0.5, 0.6) is 11.5 Å². The number of anilines is 1. The van der Waals surface area contributed by atoms with E-state index < -0.39 is 0 Å². The number of hydrogen-bond donors (Lipinski definition) is 1. The van der Waals surface area contributed by atoms with Crippen molar-refractivity contribution < 1.29 is 13.9 Å². The number of methoxy groups -OCH3 is 2. The van der Waals surface area contributed by atoms with E-state index in [1.165, 1.54) is 23.5 Å². The molecule has 0 atom stereocenters. The molecule has 0 radical (unpaired) electrons. The Morgan fingerprint density at radius 2 is 1.89 bits per heavy atom. The molecule has 0 unspecified atom stereocenters. The van der Waals surface area contributed by atoms with Crippen molar-refractivity contribution in [3.8, 4) is 28.8 Å². The predicted octanol–water partition coefficient (Wildman–Crippen LogP) is 4.94. The highest BCUT2D eigenvalue weighted by molar-refractivity contribution is 7.11. The first-order valence-electron chi connectivity index (χ1n) is 7.95. The molecule has 0 fully saturated rings. The second-order valence-corrected chi connectivity index (χ2v) is 6.29. The van der Waals surface area contributed by atoms with Gasteiger partial charge in [0.2, 0.25) is 0 Å². The topological polar surface area (TPSA) is 67.2 Å². The van der Waals surface area contributed by atoms with E-state index in [0.717, 1.165) is 11.3 Å². The summed E-state index contributed by atoms with van der Waals surface area (Å²) in [4.78, 5) is 4.48. The number of rotatable bonds is 6. The van der Waals surface area contributed by atoms with Crippen LogP contribution >= 0.6 is 11.3 Å². The quantitative estimate of drug-likeness (QED) is 0.613. The van der Waals surface area contributed by atoms with Crippen molar-refractivity contribution in [3.63, 3.8) is 0 Å². The smallest absolute Gasteiger partial charge is 0.162 e. The van der Waals surface area contributed by atoms with E-state index in [-0.39, 0.29) is 5.82 Å². The number of aromatic nitrogens is 1. The average molecular weight is 381 g/mol. The fourth-order valence-electron chi connectivity index (χ4n) is 2.37. The van der Waals surface area contributed by atoms with Gasteiger partial charge in [0.15, 0.2) is 11.5 Å². The number of halogens is 1. The van der Waals surface area contributed by atoms with E-state index in [0.29, 0.717) is 27.8 Å². The summed E-state index contributed by atoms with van der Waals surface area (Å²) in [5.41, 5.74) is 2.63. The van der Waals surface area contributed by atoms with Gasteiger partial charge in [0.1, 0.15) is 22.5 Å². The summed E-state index contributed by atoms with van der Waals surface area (Å²) < 4.78 is 23.5. The van der Waals surface area contributed by atoms with Gasteiger partial charge in [-0.3, -0.25) is 0 Å². The summed E-state index contributed by atoms with van der Waals surface area (Å²) in [6.07, 6.45) is 1.59. The molecule has 2 aromatic carbocycles. The molecule has 3 rings (SSSR count). The number of ether oxygens (including phenoxy) is 2. The monoisotopic (exact) mass is 381 g/mol. The molecular formula is C20H16FN3O2S. The molecule has 0 aliphatic heterocycles. The van der Waals surface area contributed by atoms with Gasteiger partial charge >= 0.3 is 0 Å². The first-order chi connectivity index (χ1) is 13.1. The lowest BCUT2D eigenvalue weighted by Gasteiger charge is -2.09. The lowest BCUT2D eigenvalue weighted by molar-refractivity contribution is 0.355. The van der Waals surface area contributed by atoms with Crippen LogP contribution < -0.4 is 14.8 Å². The van der Waals surface area contributed by atoms with Gasteiger partial charge in [-0.25, -0.2) is 9.37 Å². The largest absolute Gasteiger partial charge is 0.493 e. The summed E-state index contributed by atoms with van der Waals surface area (Å²) in [5, 5.41) is 15.0. The molecule has 0 amide bonds. The molecule has 0 spiro atoms. The van der Waals surface area contributed by atoms with Gasteiger partial charge in [-0.2, -0.15) is 5.26 Å². The number of nitrogens with one attached hydrogen (secondary N) is 1. The number of nitrogens with zero attached hydrogens (tertiary/aromatic N) is 2. The normalized spacial score (nSPS) is 11.0. The van der Waals surface area contributed by atoms with Crippen LogP contribution in [0.3, 0.4) is 0 Å². The lowest BCUT2D eigenvalue weighted by Crippen LogP contribution is -1.94. The molecule has 0 aliphatic carbocycles. The number of thiazole rings is 1. The third kappa shape index (κ3) is 4.25. The van der Waals surface area contributed by atoms with Crippen molar-refractivity contribution in [2.45, 2.75) is 0 Å². The third-order valence-electron chi connectivity index (χ3n) is 3.76. The Labute approximate surface area is 160 Å². The average Bonchev–Trinajstić information content (AvgIpc) is 3.18.